The molecule has 2 aromatic heterocycles. The average molecular weight is 355 g/mol. The highest BCUT2D eigenvalue weighted by Gasteiger charge is 2.31. The Morgan fingerprint density at radius 3 is 2.72 bits per heavy atom. The van der Waals surface area contributed by atoms with Gasteiger partial charge < -0.3 is 4.42 Å². The molecule has 0 saturated heterocycles. The molecule has 0 saturated carbocycles. The second kappa shape index (κ2) is 5.99. The van der Waals surface area contributed by atoms with E-state index in [-0.39, 0.29) is 11.9 Å². The van der Waals surface area contributed by atoms with Gasteiger partial charge in [0.05, 0.1) is 11.3 Å². The van der Waals surface area contributed by atoms with Gasteiger partial charge in [0, 0.05) is 10.6 Å². The Morgan fingerprint density at radius 2 is 2.00 bits per heavy atom. The number of amides is 1. The molecule has 0 fully saturated rings. The topological polar surface area (TPSA) is 100 Å². The zero-order valence-electron chi connectivity index (χ0n) is 13.0. The van der Waals surface area contributed by atoms with E-state index in [0.717, 1.165) is 10.6 Å². The Kier molecular flexibility index (Phi) is 3.66. The lowest BCUT2D eigenvalue weighted by Crippen LogP contribution is -2.22. The van der Waals surface area contributed by atoms with Crippen LogP contribution in [-0.2, 0) is 4.79 Å². The van der Waals surface area contributed by atoms with Gasteiger partial charge in [-0.2, -0.15) is 15.3 Å². The molecule has 0 spiro atoms. The zero-order chi connectivity index (χ0) is 17.4. The smallest absolute Gasteiger partial charge is 0.293 e. The zero-order valence-corrected chi connectivity index (χ0v) is 13.7. The summed E-state index contributed by atoms with van der Waals surface area (Å²) in [5.74, 6) is 0.966. The lowest BCUT2D eigenvalue weighted by Gasteiger charge is -2.03. The first-order valence-electron chi connectivity index (χ1n) is 7.33. The van der Waals surface area contributed by atoms with Crippen molar-refractivity contribution in [1.82, 2.24) is 20.6 Å². The molecule has 8 nitrogen and oxygen atoms in total. The molecule has 4 rings (SSSR count). The summed E-state index contributed by atoms with van der Waals surface area (Å²) in [5, 5.41) is 19.2. The van der Waals surface area contributed by atoms with Crippen molar-refractivity contribution >= 4 is 35.2 Å². The highest BCUT2D eigenvalue weighted by molar-refractivity contribution is 6.31. The van der Waals surface area contributed by atoms with Crippen molar-refractivity contribution in [2.75, 3.05) is 5.01 Å². The van der Waals surface area contributed by atoms with Gasteiger partial charge in [0.15, 0.2) is 0 Å². The highest BCUT2D eigenvalue weighted by atomic mass is 35.5. The van der Waals surface area contributed by atoms with Gasteiger partial charge >= 0.3 is 0 Å². The summed E-state index contributed by atoms with van der Waals surface area (Å²) in [6.45, 7) is 1.73. The number of carbonyl (C=O) groups is 1. The summed E-state index contributed by atoms with van der Waals surface area (Å²) in [5.41, 5.74) is 1.84. The number of nitrogens with zero attached hydrogens (tertiary/aromatic N) is 5. The van der Waals surface area contributed by atoms with Crippen molar-refractivity contribution in [2.45, 2.75) is 6.92 Å². The first-order valence-corrected chi connectivity index (χ1v) is 7.70. The summed E-state index contributed by atoms with van der Waals surface area (Å²) in [6, 6.07) is 10.9. The number of aromatic nitrogens is 4. The van der Waals surface area contributed by atoms with Gasteiger partial charge in [0.2, 0.25) is 0 Å². The van der Waals surface area contributed by atoms with Crippen LogP contribution in [-0.4, -0.2) is 32.2 Å². The van der Waals surface area contributed by atoms with E-state index in [0.29, 0.717) is 27.8 Å². The summed E-state index contributed by atoms with van der Waals surface area (Å²) >= 11 is 5.89. The molecule has 1 aliphatic heterocycles. The van der Waals surface area contributed by atoms with Crippen LogP contribution in [0.4, 0.5) is 5.95 Å². The molecule has 25 heavy (non-hydrogen) atoms. The van der Waals surface area contributed by atoms with E-state index >= 15 is 0 Å². The number of nitrogens with one attached hydrogen (secondary N) is 1. The third-order valence-corrected chi connectivity index (χ3v) is 3.88. The van der Waals surface area contributed by atoms with Crippen LogP contribution < -0.4 is 5.01 Å². The molecule has 1 aromatic carbocycles. The molecule has 9 heteroatoms. The summed E-state index contributed by atoms with van der Waals surface area (Å²) in [7, 11) is 0. The second-order valence-electron chi connectivity index (χ2n) is 5.28. The number of benzene rings is 1. The van der Waals surface area contributed by atoms with Crippen molar-refractivity contribution in [1.29, 1.82) is 0 Å². The monoisotopic (exact) mass is 354 g/mol. The fraction of sp³-hybridized carbons (Fsp3) is 0.0625. The van der Waals surface area contributed by atoms with Crippen LogP contribution in [0, 0.1) is 0 Å². The van der Waals surface area contributed by atoms with Crippen LogP contribution in [0.1, 0.15) is 12.7 Å². The molecule has 1 aliphatic rings. The van der Waals surface area contributed by atoms with Crippen LogP contribution in [0.3, 0.4) is 0 Å². The lowest BCUT2D eigenvalue weighted by atomic mass is 10.1. The molecular weight excluding hydrogens is 344 g/mol. The predicted octanol–water partition coefficient (Wildman–Crippen LogP) is 2.92. The maximum Gasteiger partial charge on any atom is 0.293 e. The first kappa shape index (κ1) is 15.3. The van der Waals surface area contributed by atoms with Crippen molar-refractivity contribution in [3.8, 4) is 11.3 Å². The number of hydrazone groups is 1. The number of tetrazole rings is 1. The van der Waals surface area contributed by atoms with E-state index in [1.165, 1.54) is 0 Å². The van der Waals surface area contributed by atoms with Gasteiger partial charge in [-0.05, 0) is 54.6 Å². The molecule has 3 aromatic rings. The Balaban J connectivity index is 1.62. The van der Waals surface area contributed by atoms with Crippen LogP contribution in [0.5, 0.6) is 0 Å². The third-order valence-electron chi connectivity index (χ3n) is 3.63. The number of aromatic amines is 1. The van der Waals surface area contributed by atoms with E-state index in [1.807, 2.05) is 18.2 Å². The molecule has 0 radical (unpaired) electrons. The van der Waals surface area contributed by atoms with E-state index in [4.69, 9.17) is 16.0 Å². The SMILES string of the molecule is CC1=NN(c2nn[nH]n2)C(=O)/C1=C/c1ccc(-c2ccc(Cl)cc2)o1. The number of halogens is 1. The summed E-state index contributed by atoms with van der Waals surface area (Å²) in [4.78, 5) is 12.5. The molecule has 0 bridgehead atoms. The fourth-order valence-electron chi connectivity index (χ4n) is 2.41. The number of carbonyl (C=O) groups excluding carboxylic acids is 1. The number of hydrogen-bond donors (Lipinski definition) is 1. The molecule has 1 amide bonds. The Labute approximate surface area is 146 Å². The van der Waals surface area contributed by atoms with Gasteiger partial charge in [0.1, 0.15) is 11.5 Å². The maximum atomic E-state index is 12.5. The Bertz CT molecular complexity index is 988. The quantitative estimate of drug-likeness (QED) is 0.729. The summed E-state index contributed by atoms with van der Waals surface area (Å²) < 4.78 is 5.80. The molecule has 3 heterocycles. The average Bonchev–Trinajstić information content (AvgIpc) is 3.33. The van der Waals surface area contributed by atoms with E-state index in [2.05, 4.69) is 25.7 Å². The minimum Gasteiger partial charge on any atom is -0.457 e. The van der Waals surface area contributed by atoms with Crippen LogP contribution in [0.2, 0.25) is 5.02 Å². The van der Waals surface area contributed by atoms with Gasteiger partial charge in [-0.3, -0.25) is 4.79 Å². The van der Waals surface area contributed by atoms with Crippen LogP contribution in [0.25, 0.3) is 17.4 Å². The van der Waals surface area contributed by atoms with Gasteiger partial charge in [0.25, 0.3) is 11.9 Å². The van der Waals surface area contributed by atoms with Gasteiger partial charge in [-0.1, -0.05) is 16.7 Å². The fourth-order valence-corrected chi connectivity index (χ4v) is 2.53. The number of furan rings is 1. The van der Waals surface area contributed by atoms with Crippen molar-refractivity contribution < 1.29 is 9.21 Å². The van der Waals surface area contributed by atoms with E-state index in [9.17, 15) is 4.79 Å². The standard InChI is InChI=1S/C16H11ClN6O2/c1-9-13(15(24)23(20-9)16-18-21-22-19-16)8-12-6-7-14(25-12)10-2-4-11(17)5-3-10/h2-8H,1H3,(H,18,19,21,22)/b13-8+. The van der Waals surface area contributed by atoms with Crippen molar-refractivity contribution in [3.63, 3.8) is 0 Å². The number of rotatable bonds is 3. The minimum atomic E-state index is -0.344. The van der Waals surface area contributed by atoms with Crippen LogP contribution >= 0.6 is 11.6 Å². The van der Waals surface area contributed by atoms with Gasteiger partial charge in [-0.25, -0.2) is 0 Å². The van der Waals surface area contributed by atoms with Crippen molar-refractivity contribution in [2.24, 2.45) is 5.10 Å². The third kappa shape index (κ3) is 2.83. The van der Waals surface area contributed by atoms with Gasteiger partial charge in [-0.15, -0.1) is 5.10 Å². The lowest BCUT2D eigenvalue weighted by molar-refractivity contribution is -0.114. The molecule has 0 aliphatic carbocycles. The van der Waals surface area contributed by atoms with E-state index in [1.54, 1.807) is 31.2 Å². The maximum absolute atomic E-state index is 12.5. The summed E-state index contributed by atoms with van der Waals surface area (Å²) in [6.07, 6.45) is 1.64. The second-order valence-corrected chi connectivity index (χ2v) is 5.72. The first-order chi connectivity index (χ1) is 12.1. The molecule has 0 atom stereocenters. The number of hydrogen-bond acceptors (Lipinski definition) is 6. The Morgan fingerprint density at radius 1 is 1.20 bits per heavy atom. The molecule has 124 valence electrons. The largest absolute Gasteiger partial charge is 0.457 e. The van der Waals surface area contributed by atoms with Crippen LogP contribution in [0.15, 0.2) is 51.5 Å². The highest BCUT2D eigenvalue weighted by Crippen LogP contribution is 2.26. The predicted molar refractivity (Wildman–Crippen MR) is 91.9 cm³/mol. The molecule has 0 unspecified atom stereocenters. The molecular formula is C16H11ClN6O2. The Hall–Kier alpha value is -3.26. The molecule has 1 N–H and O–H groups in total. The van der Waals surface area contributed by atoms with Crippen molar-refractivity contribution in [3.05, 3.63) is 52.8 Å². The van der Waals surface area contributed by atoms with E-state index < -0.39 is 0 Å². The number of anilines is 1. The minimum absolute atomic E-state index is 0.0917. The normalized spacial score (nSPS) is 15.9. The number of H-pyrrole nitrogens is 1.